The number of halogens is 3. The molecule has 3 N–H and O–H groups in total. The van der Waals surface area contributed by atoms with Crippen LogP contribution in [0.5, 0.6) is 5.75 Å². The first-order chi connectivity index (χ1) is 9.69. The fraction of sp³-hybridized carbons (Fsp3) is 0.500. The Morgan fingerprint density at radius 3 is 2.27 bits per heavy atom. The molecule has 0 aromatic heterocycles. The lowest BCUT2D eigenvalue weighted by molar-refractivity contribution is -0.906. The summed E-state index contributed by atoms with van der Waals surface area (Å²) in [5, 5.41) is 9.26. The van der Waals surface area contributed by atoms with Gasteiger partial charge in [-0.1, -0.05) is 6.92 Å². The fourth-order valence-corrected chi connectivity index (χ4v) is 3.67. The second-order valence-electron chi connectivity index (χ2n) is 5.43. The van der Waals surface area contributed by atoms with E-state index in [-0.39, 0.29) is 17.0 Å². The molecule has 5 nitrogen and oxygen atoms in total. The zero-order valence-electron chi connectivity index (χ0n) is 12.8. The molecule has 1 atom stereocenters. The number of anilines is 1. The number of carbonyl (C=O) groups is 1. The van der Waals surface area contributed by atoms with E-state index >= 15 is 0 Å². The Morgan fingerprint density at radius 2 is 1.86 bits per heavy atom. The Labute approximate surface area is 158 Å². The van der Waals surface area contributed by atoms with Crippen LogP contribution in [0.4, 0.5) is 5.69 Å². The third-order valence-corrected chi connectivity index (χ3v) is 4.63. The Bertz CT molecular complexity index is 501. The van der Waals surface area contributed by atoms with Crippen molar-refractivity contribution in [3.63, 3.8) is 0 Å². The summed E-state index contributed by atoms with van der Waals surface area (Å²) >= 11 is 6.82. The molecular weight excluding hydrogens is 484 g/mol. The lowest BCUT2D eigenvalue weighted by Gasteiger charge is -2.35. The molecule has 22 heavy (non-hydrogen) atoms. The Hall–Kier alpha value is -0.310. The Kier molecular flexibility index (Phi) is 8.97. The van der Waals surface area contributed by atoms with Crippen LogP contribution < -0.4 is 27.5 Å². The van der Waals surface area contributed by atoms with Gasteiger partial charge in [-0.05, 0) is 44.0 Å². The minimum atomic E-state index is -0.780. The first-order valence-electron chi connectivity index (χ1n) is 6.61. The van der Waals surface area contributed by atoms with Crippen LogP contribution in [0.1, 0.15) is 13.3 Å². The van der Waals surface area contributed by atoms with E-state index in [0.29, 0.717) is 35.5 Å². The summed E-state index contributed by atoms with van der Waals surface area (Å²) < 4.78 is 7.68. The topological polar surface area (TPSA) is 72.5 Å². The second kappa shape index (κ2) is 9.10. The van der Waals surface area contributed by atoms with Gasteiger partial charge in [-0.15, -0.1) is 0 Å². The number of quaternary nitrogens is 1. The summed E-state index contributed by atoms with van der Waals surface area (Å²) in [5.41, 5.74) is 6.37. The lowest BCUT2D eigenvalue weighted by Crippen LogP contribution is -3.00. The predicted octanol–water partition coefficient (Wildman–Crippen LogP) is 0.116. The third kappa shape index (κ3) is 5.72. The molecule has 1 aromatic carbocycles. The van der Waals surface area contributed by atoms with Gasteiger partial charge in [0.05, 0.1) is 23.0 Å². The zero-order chi connectivity index (χ0) is 16.2. The van der Waals surface area contributed by atoms with E-state index in [1.54, 1.807) is 12.1 Å². The van der Waals surface area contributed by atoms with Crippen LogP contribution in [0.3, 0.4) is 0 Å². The molecule has 126 valence electrons. The maximum atomic E-state index is 11.3. The lowest BCUT2D eigenvalue weighted by atomic mass is 10.1. The van der Waals surface area contributed by atoms with Gasteiger partial charge in [0.15, 0.2) is 6.04 Å². The molecule has 0 aliphatic carbocycles. The van der Waals surface area contributed by atoms with Gasteiger partial charge in [-0.3, -0.25) is 0 Å². The average Bonchev–Trinajstić information content (AvgIpc) is 2.32. The number of hydrogen-bond donors (Lipinski definition) is 2. The minimum Gasteiger partial charge on any atom is -1.00 e. The summed E-state index contributed by atoms with van der Waals surface area (Å²) in [6.07, 6.45) is 0.581. The first kappa shape index (κ1) is 21.7. The molecule has 0 aliphatic rings. The Morgan fingerprint density at radius 1 is 1.36 bits per heavy atom. The molecule has 8 heteroatoms. The SMILES string of the molecule is CCC(C(=O)O)[N+](C)(C)CCOc1c(Br)cc(N)cc1Br.[Br-]. The highest BCUT2D eigenvalue weighted by molar-refractivity contribution is 9.11. The molecule has 0 saturated carbocycles. The van der Waals surface area contributed by atoms with Gasteiger partial charge >= 0.3 is 5.97 Å². The monoisotopic (exact) mass is 502 g/mol. The normalized spacial score (nSPS) is 12.4. The number of nitrogens with zero attached hydrogens (tertiary/aromatic N) is 1. The molecule has 0 spiro atoms. The van der Waals surface area contributed by atoms with E-state index < -0.39 is 12.0 Å². The van der Waals surface area contributed by atoms with Crippen LogP contribution >= 0.6 is 31.9 Å². The van der Waals surface area contributed by atoms with Crippen molar-refractivity contribution in [2.24, 2.45) is 0 Å². The summed E-state index contributed by atoms with van der Waals surface area (Å²) in [5.74, 6) is -0.107. The van der Waals surface area contributed by atoms with Crippen LogP contribution in [-0.4, -0.2) is 48.8 Å². The van der Waals surface area contributed by atoms with Crippen LogP contribution in [0.25, 0.3) is 0 Å². The van der Waals surface area contributed by atoms with Gasteiger partial charge < -0.3 is 37.0 Å². The highest BCUT2D eigenvalue weighted by Gasteiger charge is 2.33. The largest absolute Gasteiger partial charge is 1.00 e. The molecule has 0 saturated heterocycles. The molecule has 0 amide bonds. The molecule has 0 bridgehead atoms. The summed E-state index contributed by atoms with van der Waals surface area (Å²) in [4.78, 5) is 11.3. The van der Waals surface area contributed by atoms with Crippen LogP contribution in [0.2, 0.25) is 0 Å². The van der Waals surface area contributed by atoms with Gasteiger partial charge in [0, 0.05) is 12.1 Å². The van der Waals surface area contributed by atoms with Crippen molar-refractivity contribution in [2.75, 3.05) is 33.0 Å². The number of carboxylic acids is 1. The number of nitrogen functional groups attached to an aromatic ring is 1. The van der Waals surface area contributed by atoms with E-state index in [4.69, 9.17) is 10.5 Å². The quantitative estimate of drug-likeness (QED) is 0.408. The number of aliphatic carboxylic acids is 1. The summed E-state index contributed by atoms with van der Waals surface area (Å²) in [6, 6.07) is 3.10. The Balaban J connectivity index is 0.00000441. The molecule has 0 fully saturated rings. The van der Waals surface area contributed by atoms with Crippen LogP contribution in [0, 0.1) is 0 Å². The van der Waals surface area contributed by atoms with Crippen LogP contribution in [-0.2, 0) is 4.79 Å². The molecular formula is C14H21Br3N2O3. The van der Waals surface area contributed by atoms with Crippen molar-refractivity contribution in [3.05, 3.63) is 21.1 Å². The third-order valence-electron chi connectivity index (χ3n) is 3.45. The standard InChI is InChI=1S/C14H20Br2N2O3.BrH/c1-4-12(14(19)20)18(2,3)5-6-21-13-10(15)7-9(17)8-11(13)16;/h7-8,12H,4-6,17H2,1-3H3;1H. The highest BCUT2D eigenvalue weighted by atomic mass is 79.9. The maximum Gasteiger partial charge on any atom is 0.362 e. The van der Waals surface area contributed by atoms with E-state index in [2.05, 4.69) is 31.9 Å². The van der Waals surface area contributed by atoms with Gasteiger partial charge in [-0.2, -0.15) is 0 Å². The van der Waals surface area contributed by atoms with Gasteiger partial charge in [-0.25, -0.2) is 4.79 Å². The van der Waals surface area contributed by atoms with E-state index in [1.807, 2.05) is 21.0 Å². The average molecular weight is 505 g/mol. The smallest absolute Gasteiger partial charge is 0.362 e. The maximum absolute atomic E-state index is 11.3. The van der Waals surface area contributed by atoms with Gasteiger partial charge in [0.25, 0.3) is 0 Å². The molecule has 0 aliphatic heterocycles. The molecule has 1 rings (SSSR count). The van der Waals surface area contributed by atoms with E-state index in [1.165, 1.54) is 0 Å². The summed E-state index contributed by atoms with van der Waals surface area (Å²) in [7, 11) is 3.80. The van der Waals surface area contributed by atoms with Crippen LogP contribution in [0.15, 0.2) is 21.1 Å². The molecule has 0 radical (unpaired) electrons. The number of ether oxygens (including phenoxy) is 1. The van der Waals surface area contributed by atoms with Crippen molar-refractivity contribution in [1.82, 2.24) is 0 Å². The second-order valence-corrected chi connectivity index (χ2v) is 7.14. The van der Waals surface area contributed by atoms with Gasteiger partial charge in [0.2, 0.25) is 0 Å². The van der Waals surface area contributed by atoms with Gasteiger partial charge in [0.1, 0.15) is 18.9 Å². The first-order valence-corrected chi connectivity index (χ1v) is 8.20. The molecule has 1 aromatic rings. The molecule has 0 heterocycles. The predicted molar refractivity (Wildman–Crippen MR) is 90.4 cm³/mol. The number of nitrogens with two attached hydrogens (primary N) is 1. The van der Waals surface area contributed by atoms with Crippen molar-refractivity contribution in [3.8, 4) is 5.75 Å². The van der Waals surface area contributed by atoms with Crippen molar-refractivity contribution in [1.29, 1.82) is 0 Å². The van der Waals surface area contributed by atoms with Crippen molar-refractivity contribution >= 4 is 43.5 Å². The zero-order valence-corrected chi connectivity index (χ0v) is 17.5. The number of benzene rings is 1. The van der Waals surface area contributed by atoms with Crippen molar-refractivity contribution in [2.45, 2.75) is 19.4 Å². The number of hydrogen-bond acceptors (Lipinski definition) is 3. The number of likely N-dealkylation sites (N-methyl/N-ethyl adjacent to an activating group) is 1. The number of rotatable bonds is 7. The highest BCUT2D eigenvalue weighted by Crippen LogP contribution is 2.35. The fourth-order valence-electron chi connectivity index (χ4n) is 2.22. The minimum absolute atomic E-state index is 0. The number of carboxylic acid groups (broad SMARTS) is 1. The van der Waals surface area contributed by atoms with E-state index in [9.17, 15) is 9.90 Å². The molecule has 1 unspecified atom stereocenters. The summed E-state index contributed by atoms with van der Waals surface area (Å²) in [6.45, 7) is 2.89. The van der Waals surface area contributed by atoms with Crippen molar-refractivity contribution < 1.29 is 36.1 Å². The van der Waals surface area contributed by atoms with E-state index in [0.717, 1.165) is 8.95 Å².